The monoisotopic (exact) mass is 282 g/mol. The van der Waals surface area contributed by atoms with Crippen LogP contribution in [0, 0.1) is 5.41 Å². The number of nitrogens with zero attached hydrogens (tertiary/aromatic N) is 4. The fourth-order valence-electron chi connectivity index (χ4n) is 3.72. The molecule has 2 heterocycles. The molecule has 0 radical (unpaired) electrons. The molecule has 0 N–H and O–H groups in total. The molecule has 1 aliphatic carbocycles. The van der Waals surface area contributed by atoms with Crippen molar-refractivity contribution in [3.05, 3.63) is 47.8 Å². The summed E-state index contributed by atoms with van der Waals surface area (Å²) in [6.07, 6.45) is 4.07. The van der Waals surface area contributed by atoms with Gasteiger partial charge >= 0.3 is 0 Å². The quantitative estimate of drug-likeness (QED) is 0.844. The molecule has 5 nitrogen and oxygen atoms in total. The van der Waals surface area contributed by atoms with Crippen LogP contribution in [0.5, 0.6) is 0 Å². The van der Waals surface area contributed by atoms with Gasteiger partial charge in [-0.3, -0.25) is 9.48 Å². The molecule has 2 fully saturated rings. The summed E-state index contributed by atoms with van der Waals surface area (Å²) in [5.74, 6) is 0.678. The first-order valence-corrected chi connectivity index (χ1v) is 7.36. The third kappa shape index (κ3) is 2.04. The van der Waals surface area contributed by atoms with E-state index in [1.54, 1.807) is 17.9 Å². The average Bonchev–Trinajstić information content (AvgIpc) is 2.83. The number of hydrogen-bond acceptors (Lipinski definition) is 3. The zero-order valence-electron chi connectivity index (χ0n) is 12.1. The van der Waals surface area contributed by atoms with Gasteiger partial charge in [-0.15, -0.1) is 5.10 Å². The van der Waals surface area contributed by atoms with E-state index in [0.29, 0.717) is 17.0 Å². The lowest BCUT2D eigenvalue weighted by Crippen LogP contribution is -2.63. The molecule has 2 aromatic rings. The molecule has 1 spiro atoms. The minimum atomic E-state index is 0.0110. The van der Waals surface area contributed by atoms with Crippen LogP contribution in [0.25, 0.3) is 0 Å². The molecule has 4 rings (SSSR count). The standard InChI is InChI=1S/C16H18N4O/c1-19-9-14(17-18-19)15(21)20-10-16(11-20)7-13(8-16)12-5-3-2-4-6-12/h2-6,9,13H,7-8,10-11H2,1H3. The van der Waals surface area contributed by atoms with Crippen molar-refractivity contribution in [3.63, 3.8) is 0 Å². The normalized spacial score (nSPS) is 20.1. The van der Waals surface area contributed by atoms with Crippen molar-refractivity contribution in [1.29, 1.82) is 0 Å². The molecule has 0 bridgehead atoms. The summed E-state index contributed by atoms with van der Waals surface area (Å²) in [7, 11) is 1.78. The minimum absolute atomic E-state index is 0.0110. The molecule has 1 saturated carbocycles. The maximum Gasteiger partial charge on any atom is 0.276 e. The first-order valence-electron chi connectivity index (χ1n) is 7.36. The van der Waals surface area contributed by atoms with E-state index in [-0.39, 0.29) is 5.91 Å². The lowest BCUT2D eigenvalue weighted by Gasteiger charge is -2.59. The maximum atomic E-state index is 12.2. The summed E-state index contributed by atoms with van der Waals surface area (Å²) in [5, 5.41) is 7.71. The third-order valence-corrected chi connectivity index (χ3v) is 4.79. The molecule has 1 amide bonds. The lowest BCUT2D eigenvalue weighted by atomic mass is 9.56. The Bertz CT molecular complexity index is 665. The summed E-state index contributed by atoms with van der Waals surface area (Å²) in [4.78, 5) is 14.1. The number of aryl methyl sites for hydroxylation is 1. The first-order chi connectivity index (χ1) is 10.2. The zero-order valence-corrected chi connectivity index (χ0v) is 12.1. The van der Waals surface area contributed by atoms with Gasteiger partial charge in [-0.1, -0.05) is 35.5 Å². The molecule has 1 aromatic heterocycles. The number of benzene rings is 1. The van der Waals surface area contributed by atoms with Crippen molar-refractivity contribution in [2.24, 2.45) is 12.5 Å². The lowest BCUT2D eigenvalue weighted by molar-refractivity contribution is -0.0556. The van der Waals surface area contributed by atoms with Gasteiger partial charge in [-0.2, -0.15) is 0 Å². The van der Waals surface area contributed by atoms with Crippen molar-refractivity contribution in [2.75, 3.05) is 13.1 Å². The summed E-state index contributed by atoms with van der Waals surface area (Å²) >= 11 is 0. The zero-order chi connectivity index (χ0) is 14.4. The molecule has 5 heteroatoms. The number of carbonyl (C=O) groups excluding carboxylic acids is 1. The van der Waals surface area contributed by atoms with E-state index in [9.17, 15) is 4.79 Å². The van der Waals surface area contributed by atoms with Crippen molar-refractivity contribution < 1.29 is 4.79 Å². The maximum absolute atomic E-state index is 12.2. The van der Waals surface area contributed by atoms with Crippen LogP contribution < -0.4 is 0 Å². The molecule has 0 unspecified atom stereocenters. The van der Waals surface area contributed by atoms with Gasteiger partial charge in [0, 0.05) is 25.6 Å². The van der Waals surface area contributed by atoms with E-state index in [2.05, 4.69) is 40.6 Å². The Balaban J connectivity index is 1.35. The van der Waals surface area contributed by atoms with E-state index >= 15 is 0 Å². The van der Waals surface area contributed by atoms with Crippen LogP contribution in [0.15, 0.2) is 36.5 Å². The van der Waals surface area contributed by atoms with E-state index in [0.717, 1.165) is 13.1 Å². The van der Waals surface area contributed by atoms with Crippen LogP contribution >= 0.6 is 0 Å². The Kier molecular flexibility index (Phi) is 2.64. The smallest absolute Gasteiger partial charge is 0.276 e. The van der Waals surface area contributed by atoms with Gasteiger partial charge in [0.15, 0.2) is 5.69 Å². The van der Waals surface area contributed by atoms with Crippen LogP contribution in [0.4, 0.5) is 0 Å². The van der Waals surface area contributed by atoms with Crippen molar-refractivity contribution in [3.8, 4) is 0 Å². The number of hydrogen-bond donors (Lipinski definition) is 0. The van der Waals surface area contributed by atoms with Gasteiger partial charge in [-0.25, -0.2) is 0 Å². The Morgan fingerprint density at radius 2 is 1.95 bits per heavy atom. The number of amides is 1. The van der Waals surface area contributed by atoms with Crippen LogP contribution in [0.3, 0.4) is 0 Å². The van der Waals surface area contributed by atoms with Crippen molar-refractivity contribution >= 4 is 5.91 Å². The topological polar surface area (TPSA) is 51.0 Å². The second kappa shape index (κ2) is 4.41. The van der Waals surface area contributed by atoms with Crippen molar-refractivity contribution in [2.45, 2.75) is 18.8 Å². The van der Waals surface area contributed by atoms with Crippen molar-refractivity contribution in [1.82, 2.24) is 19.9 Å². The van der Waals surface area contributed by atoms with Gasteiger partial charge in [0.25, 0.3) is 5.91 Å². The fourth-order valence-corrected chi connectivity index (χ4v) is 3.72. The Morgan fingerprint density at radius 3 is 2.57 bits per heavy atom. The Labute approximate surface area is 123 Å². The second-order valence-corrected chi connectivity index (χ2v) is 6.45. The van der Waals surface area contributed by atoms with E-state index in [1.165, 1.54) is 18.4 Å². The largest absolute Gasteiger partial charge is 0.336 e. The Morgan fingerprint density at radius 1 is 1.24 bits per heavy atom. The van der Waals surface area contributed by atoms with E-state index in [4.69, 9.17) is 0 Å². The SMILES string of the molecule is Cn1cc(C(=O)N2CC3(CC(c4ccccc4)C3)C2)nn1. The van der Waals surface area contributed by atoms with Gasteiger partial charge < -0.3 is 4.90 Å². The molecule has 1 aromatic carbocycles. The molecule has 21 heavy (non-hydrogen) atoms. The average molecular weight is 282 g/mol. The molecule has 2 aliphatic rings. The highest BCUT2D eigenvalue weighted by molar-refractivity contribution is 5.92. The predicted octanol–water partition coefficient (Wildman–Crippen LogP) is 1.83. The molecular weight excluding hydrogens is 264 g/mol. The fraction of sp³-hybridized carbons (Fsp3) is 0.438. The first kappa shape index (κ1) is 12.6. The number of rotatable bonds is 2. The highest BCUT2D eigenvalue weighted by Gasteiger charge is 2.54. The van der Waals surface area contributed by atoms with Gasteiger partial charge in [0.1, 0.15) is 0 Å². The summed E-state index contributed by atoms with van der Waals surface area (Å²) in [6.45, 7) is 1.73. The predicted molar refractivity (Wildman–Crippen MR) is 77.8 cm³/mol. The second-order valence-electron chi connectivity index (χ2n) is 6.45. The third-order valence-electron chi connectivity index (χ3n) is 4.79. The van der Waals surface area contributed by atoms with Crippen LogP contribution in [-0.2, 0) is 7.05 Å². The van der Waals surface area contributed by atoms with Gasteiger partial charge in [0.05, 0.1) is 6.20 Å². The highest BCUT2D eigenvalue weighted by Crippen LogP contribution is 2.56. The van der Waals surface area contributed by atoms with Gasteiger partial charge in [0.2, 0.25) is 0 Å². The molecular formula is C16H18N4O. The summed E-state index contributed by atoms with van der Waals surface area (Å²) in [6, 6.07) is 10.7. The van der Waals surface area contributed by atoms with Gasteiger partial charge in [-0.05, 0) is 24.3 Å². The number of aromatic nitrogens is 3. The molecule has 1 saturated heterocycles. The number of likely N-dealkylation sites (tertiary alicyclic amines) is 1. The molecule has 0 atom stereocenters. The summed E-state index contributed by atoms with van der Waals surface area (Å²) in [5.41, 5.74) is 2.24. The van der Waals surface area contributed by atoms with E-state index < -0.39 is 0 Å². The minimum Gasteiger partial charge on any atom is -0.336 e. The number of carbonyl (C=O) groups is 1. The van der Waals surface area contributed by atoms with Crippen LogP contribution in [-0.4, -0.2) is 38.9 Å². The van der Waals surface area contributed by atoms with Crippen LogP contribution in [0.1, 0.15) is 34.8 Å². The highest BCUT2D eigenvalue weighted by atomic mass is 16.2. The van der Waals surface area contributed by atoms with E-state index in [1.807, 2.05) is 4.90 Å². The van der Waals surface area contributed by atoms with Crippen LogP contribution in [0.2, 0.25) is 0 Å². The Hall–Kier alpha value is -2.17. The molecule has 108 valence electrons. The summed E-state index contributed by atoms with van der Waals surface area (Å²) < 4.78 is 1.57. The molecule has 1 aliphatic heterocycles.